The summed E-state index contributed by atoms with van der Waals surface area (Å²) in [6.07, 6.45) is 0.928. The van der Waals surface area contributed by atoms with Crippen molar-refractivity contribution in [1.82, 2.24) is 4.90 Å². The number of amides is 1. The highest BCUT2D eigenvalue weighted by Crippen LogP contribution is 2.19. The van der Waals surface area contributed by atoms with E-state index in [1.165, 1.54) is 0 Å². The molecule has 0 aliphatic rings. The third-order valence-electron chi connectivity index (χ3n) is 3.21. The number of hydrogen-bond donors (Lipinski definition) is 1. The molecule has 1 aromatic rings. The lowest BCUT2D eigenvalue weighted by Crippen LogP contribution is -2.35. The quantitative estimate of drug-likeness (QED) is 0.836. The van der Waals surface area contributed by atoms with E-state index < -0.39 is 17.5 Å². The van der Waals surface area contributed by atoms with Gasteiger partial charge in [-0.3, -0.25) is 4.79 Å². The van der Waals surface area contributed by atoms with E-state index in [9.17, 15) is 13.6 Å². The van der Waals surface area contributed by atoms with Gasteiger partial charge in [-0.05, 0) is 18.9 Å². The van der Waals surface area contributed by atoms with Crippen LogP contribution in [0.4, 0.5) is 14.5 Å². The summed E-state index contributed by atoms with van der Waals surface area (Å²) < 4.78 is 26.7. The van der Waals surface area contributed by atoms with Crippen molar-refractivity contribution < 1.29 is 13.6 Å². The van der Waals surface area contributed by atoms with Crippen molar-refractivity contribution in [3.8, 4) is 0 Å². The predicted molar refractivity (Wildman–Crippen MR) is 71.8 cm³/mol. The number of nitrogens with zero attached hydrogens (tertiary/aromatic N) is 1. The molecular formula is C14H20F2N2O. The van der Waals surface area contributed by atoms with Crippen LogP contribution in [-0.4, -0.2) is 23.9 Å². The van der Waals surface area contributed by atoms with Crippen LogP contribution in [-0.2, 0) is 0 Å². The number of anilines is 1. The number of benzene rings is 1. The zero-order valence-electron chi connectivity index (χ0n) is 11.5. The number of nitrogen functional groups attached to an aromatic ring is 1. The molecule has 0 aliphatic carbocycles. The third-order valence-corrected chi connectivity index (χ3v) is 3.21. The van der Waals surface area contributed by atoms with Crippen LogP contribution < -0.4 is 5.73 Å². The second-order valence-electron chi connectivity index (χ2n) is 4.71. The van der Waals surface area contributed by atoms with Crippen LogP contribution in [0.15, 0.2) is 12.1 Å². The van der Waals surface area contributed by atoms with Crippen molar-refractivity contribution in [3.05, 3.63) is 29.3 Å². The molecule has 2 N–H and O–H groups in total. The lowest BCUT2D eigenvalue weighted by Gasteiger charge is -2.24. The first-order chi connectivity index (χ1) is 8.90. The number of carbonyl (C=O) groups is 1. The summed E-state index contributed by atoms with van der Waals surface area (Å²) in [5, 5.41) is 0. The monoisotopic (exact) mass is 270 g/mol. The summed E-state index contributed by atoms with van der Waals surface area (Å²) in [5.74, 6) is -1.85. The highest BCUT2D eigenvalue weighted by Gasteiger charge is 2.21. The molecule has 1 atom stereocenters. The average Bonchev–Trinajstić information content (AvgIpc) is 2.39. The highest BCUT2D eigenvalue weighted by atomic mass is 19.1. The third kappa shape index (κ3) is 3.66. The largest absolute Gasteiger partial charge is 0.396 e. The molecule has 0 radical (unpaired) electrons. The molecule has 1 aromatic carbocycles. The standard InChI is InChI=1S/C14H20F2N2O/c1-4-9(3)8-18(5-2)14(19)10-6-13(17)12(16)7-11(10)15/h6-7,9H,4-5,8,17H2,1-3H3. The molecule has 3 nitrogen and oxygen atoms in total. The molecule has 5 heteroatoms. The Labute approximate surface area is 112 Å². The van der Waals surface area contributed by atoms with Crippen molar-refractivity contribution in [2.75, 3.05) is 18.8 Å². The lowest BCUT2D eigenvalue weighted by molar-refractivity contribution is 0.0736. The first-order valence-electron chi connectivity index (χ1n) is 6.44. The van der Waals surface area contributed by atoms with Gasteiger partial charge in [-0.25, -0.2) is 8.78 Å². The van der Waals surface area contributed by atoms with Gasteiger partial charge in [-0.1, -0.05) is 20.3 Å². The molecule has 0 bridgehead atoms. The highest BCUT2D eigenvalue weighted by molar-refractivity contribution is 5.95. The van der Waals surface area contributed by atoms with Crippen molar-refractivity contribution in [3.63, 3.8) is 0 Å². The molecule has 0 fully saturated rings. The van der Waals surface area contributed by atoms with Gasteiger partial charge < -0.3 is 10.6 Å². The molecule has 1 rings (SSSR count). The molecule has 0 heterocycles. The molecule has 106 valence electrons. The summed E-state index contributed by atoms with van der Waals surface area (Å²) >= 11 is 0. The summed E-state index contributed by atoms with van der Waals surface area (Å²) in [7, 11) is 0. The zero-order chi connectivity index (χ0) is 14.6. The Bertz CT molecular complexity index is 463. The topological polar surface area (TPSA) is 46.3 Å². The van der Waals surface area contributed by atoms with E-state index in [2.05, 4.69) is 0 Å². The van der Waals surface area contributed by atoms with Crippen LogP contribution in [0.5, 0.6) is 0 Å². The Hall–Kier alpha value is -1.65. The molecule has 1 unspecified atom stereocenters. The summed E-state index contributed by atoms with van der Waals surface area (Å²) in [6.45, 7) is 6.89. The second kappa shape index (κ2) is 6.50. The maximum atomic E-state index is 13.7. The number of rotatable bonds is 5. The van der Waals surface area contributed by atoms with Crippen molar-refractivity contribution in [2.24, 2.45) is 5.92 Å². The minimum absolute atomic E-state index is 0.177. The number of carbonyl (C=O) groups excluding carboxylic acids is 1. The Morgan fingerprint density at radius 1 is 1.32 bits per heavy atom. The molecule has 0 aromatic heterocycles. The van der Waals surface area contributed by atoms with Gasteiger partial charge >= 0.3 is 0 Å². The molecular weight excluding hydrogens is 250 g/mol. The Kier molecular flexibility index (Phi) is 5.27. The van der Waals surface area contributed by atoms with E-state index in [0.29, 0.717) is 25.1 Å². The van der Waals surface area contributed by atoms with Crippen LogP contribution in [0.1, 0.15) is 37.6 Å². The number of hydrogen-bond acceptors (Lipinski definition) is 2. The molecule has 0 aliphatic heterocycles. The Morgan fingerprint density at radius 3 is 2.47 bits per heavy atom. The minimum atomic E-state index is -0.876. The van der Waals surface area contributed by atoms with Crippen LogP contribution in [0, 0.1) is 17.6 Å². The number of halogens is 2. The SMILES string of the molecule is CCC(C)CN(CC)C(=O)c1cc(N)c(F)cc1F. The van der Waals surface area contributed by atoms with Gasteiger partial charge in [-0.15, -0.1) is 0 Å². The Morgan fingerprint density at radius 2 is 1.95 bits per heavy atom. The van der Waals surface area contributed by atoms with Crippen LogP contribution in [0.2, 0.25) is 0 Å². The van der Waals surface area contributed by atoms with Crippen LogP contribution in [0.3, 0.4) is 0 Å². The van der Waals surface area contributed by atoms with E-state index in [-0.39, 0.29) is 11.3 Å². The molecule has 0 spiro atoms. The fourth-order valence-corrected chi connectivity index (χ4v) is 1.76. The smallest absolute Gasteiger partial charge is 0.256 e. The maximum absolute atomic E-state index is 13.7. The first kappa shape index (κ1) is 15.4. The average molecular weight is 270 g/mol. The van der Waals surface area contributed by atoms with Crippen LogP contribution >= 0.6 is 0 Å². The van der Waals surface area contributed by atoms with E-state index >= 15 is 0 Å². The fraction of sp³-hybridized carbons (Fsp3) is 0.500. The normalized spacial score (nSPS) is 12.3. The van der Waals surface area contributed by atoms with Gasteiger partial charge in [0, 0.05) is 19.2 Å². The minimum Gasteiger partial charge on any atom is -0.396 e. The summed E-state index contributed by atoms with van der Waals surface area (Å²) in [5.41, 5.74) is 4.99. The van der Waals surface area contributed by atoms with E-state index in [0.717, 1.165) is 12.5 Å². The lowest BCUT2D eigenvalue weighted by atomic mass is 10.1. The molecule has 19 heavy (non-hydrogen) atoms. The Balaban J connectivity index is 3.00. The van der Waals surface area contributed by atoms with Gasteiger partial charge in [0.15, 0.2) is 0 Å². The fourth-order valence-electron chi connectivity index (χ4n) is 1.76. The molecule has 0 saturated heterocycles. The van der Waals surface area contributed by atoms with E-state index in [4.69, 9.17) is 5.73 Å². The zero-order valence-corrected chi connectivity index (χ0v) is 11.5. The number of nitrogens with two attached hydrogens (primary N) is 1. The predicted octanol–water partition coefficient (Wildman–Crippen LogP) is 3.06. The van der Waals surface area contributed by atoms with Gasteiger partial charge in [-0.2, -0.15) is 0 Å². The van der Waals surface area contributed by atoms with Gasteiger partial charge in [0.05, 0.1) is 11.3 Å². The van der Waals surface area contributed by atoms with Gasteiger partial charge in [0.1, 0.15) is 11.6 Å². The maximum Gasteiger partial charge on any atom is 0.256 e. The van der Waals surface area contributed by atoms with Crippen molar-refractivity contribution in [2.45, 2.75) is 27.2 Å². The first-order valence-corrected chi connectivity index (χ1v) is 6.44. The molecule has 0 saturated carbocycles. The van der Waals surface area contributed by atoms with Crippen molar-refractivity contribution in [1.29, 1.82) is 0 Å². The second-order valence-corrected chi connectivity index (χ2v) is 4.71. The van der Waals surface area contributed by atoms with E-state index in [1.807, 2.05) is 20.8 Å². The summed E-state index contributed by atoms with van der Waals surface area (Å²) in [4.78, 5) is 13.8. The molecule has 1 amide bonds. The van der Waals surface area contributed by atoms with E-state index in [1.54, 1.807) is 4.90 Å². The summed E-state index contributed by atoms with van der Waals surface area (Å²) in [6, 6.07) is 1.71. The van der Waals surface area contributed by atoms with Crippen LogP contribution in [0.25, 0.3) is 0 Å². The van der Waals surface area contributed by atoms with Gasteiger partial charge in [0.2, 0.25) is 0 Å². The van der Waals surface area contributed by atoms with Crippen molar-refractivity contribution >= 4 is 11.6 Å². The van der Waals surface area contributed by atoms with Gasteiger partial charge in [0.25, 0.3) is 5.91 Å².